The summed E-state index contributed by atoms with van der Waals surface area (Å²) in [6, 6.07) is 1.56. The molecule has 71 valence electrons. The smallest absolute Gasteiger partial charge is 0.545 e. The van der Waals surface area contributed by atoms with Gasteiger partial charge in [0.05, 0.1) is 5.97 Å². The second kappa shape index (κ2) is 5.84. The molecule has 0 unspecified atom stereocenters. The van der Waals surface area contributed by atoms with E-state index in [1.54, 1.807) is 0 Å². The first kappa shape index (κ1) is 15.7. The Bertz CT molecular complexity index is 318. The number of aromatic carboxylic acids is 1. The summed E-state index contributed by atoms with van der Waals surface area (Å²) in [4.78, 5) is 10.2. The van der Waals surface area contributed by atoms with Gasteiger partial charge in [0.2, 0.25) is 0 Å². The van der Waals surface area contributed by atoms with Gasteiger partial charge in [0, 0.05) is 22.6 Å². The third kappa shape index (κ3) is 3.16. The Morgan fingerprint density at radius 3 is 1.79 bits per heavy atom. The summed E-state index contributed by atoms with van der Waals surface area (Å²) in [7, 11) is 0. The van der Waals surface area contributed by atoms with Crippen LogP contribution in [0.1, 0.15) is 10.4 Å². The van der Waals surface area contributed by atoms with Crippen molar-refractivity contribution in [3.8, 4) is 17.2 Å². The molecule has 0 heterocycles. The Hall–Kier alpha value is -0.793. The molecule has 0 atom stereocenters. The second-order valence-corrected chi connectivity index (χ2v) is 2.15. The van der Waals surface area contributed by atoms with Crippen LogP contribution in [0.25, 0.3) is 0 Å². The molecule has 0 spiro atoms. The van der Waals surface area contributed by atoms with Crippen LogP contribution < -0.4 is 24.0 Å². The zero-order valence-corrected chi connectivity index (χ0v) is 8.37. The molecule has 7 heteroatoms. The Morgan fingerprint density at radius 1 is 1.14 bits per heavy atom. The van der Waals surface area contributed by atoms with E-state index in [1.165, 1.54) is 0 Å². The van der Waals surface area contributed by atoms with Crippen LogP contribution in [0.2, 0.25) is 0 Å². The Morgan fingerprint density at radius 2 is 1.50 bits per heavy atom. The topological polar surface area (TPSA) is 101 Å². The van der Waals surface area contributed by atoms with Crippen molar-refractivity contribution in [2.75, 3.05) is 0 Å². The van der Waals surface area contributed by atoms with Crippen molar-refractivity contribution in [2.24, 2.45) is 0 Å². The molecule has 0 aliphatic carbocycles. The van der Waals surface area contributed by atoms with E-state index in [2.05, 4.69) is 0 Å². The number of carboxylic acids is 1. The van der Waals surface area contributed by atoms with Crippen molar-refractivity contribution >= 4 is 5.97 Å². The van der Waals surface area contributed by atoms with Crippen LogP contribution in [-0.4, -0.2) is 21.3 Å². The largest absolute Gasteiger partial charge is 1.00 e. The van der Waals surface area contributed by atoms with E-state index >= 15 is 0 Å². The van der Waals surface area contributed by atoms with E-state index in [-0.39, 0.29) is 35.9 Å². The molecular weight excluding hydrogens is 226 g/mol. The minimum absolute atomic E-state index is 0. The zero-order valence-electron chi connectivity index (χ0n) is 7.19. The molecule has 1 aromatic carbocycles. The number of hydrogen-bond acceptors (Lipinski definition) is 5. The molecule has 3 N–H and O–H groups in total. The summed E-state index contributed by atoms with van der Waals surface area (Å²) in [5, 5.41) is 36.7. The van der Waals surface area contributed by atoms with Gasteiger partial charge in [-0.1, -0.05) is 0 Å². The van der Waals surface area contributed by atoms with Crippen LogP contribution >= 0.6 is 0 Å². The zero-order chi connectivity index (χ0) is 9.30. The van der Waals surface area contributed by atoms with Gasteiger partial charge in [-0.15, -0.1) is 0 Å². The maximum absolute atomic E-state index is 10.2. The molecule has 0 saturated heterocycles. The molecule has 0 aliphatic heterocycles. The third-order valence-corrected chi connectivity index (χ3v) is 1.31. The van der Waals surface area contributed by atoms with E-state index in [4.69, 9.17) is 15.3 Å². The molecule has 1 rings (SSSR count). The van der Waals surface area contributed by atoms with Crippen molar-refractivity contribution in [3.05, 3.63) is 17.7 Å². The van der Waals surface area contributed by atoms with Gasteiger partial charge in [-0.25, -0.2) is 0 Å². The van der Waals surface area contributed by atoms with Gasteiger partial charge in [0.25, 0.3) is 0 Å². The second-order valence-electron chi connectivity index (χ2n) is 2.15. The number of rotatable bonds is 1. The number of hydrogen-bond donors (Lipinski definition) is 3. The predicted octanol–water partition coefficient (Wildman–Crippen LogP) is -3.83. The van der Waals surface area contributed by atoms with E-state index < -0.39 is 28.8 Å². The number of carbonyl (C=O) groups excluding carboxylic acids is 1. The van der Waals surface area contributed by atoms with Crippen LogP contribution in [0, 0.1) is 0 Å². The van der Waals surface area contributed by atoms with Crippen molar-refractivity contribution in [1.29, 1.82) is 0 Å². The molecule has 0 fully saturated rings. The number of aromatic hydroxyl groups is 3. The van der Waals surface area contributed by atoms with Crippen LogP contribution in [0.4, 0.5) is 0 Å². The summed E-state index contributed by atoms with van der Waals surface area (Å²) in [5.74, 6) is -3.69. The average Bonchev–Trinajstić information content (AvgIpc) is 1.99. The molecule has 0 amide bonds. The molecule has 0 bridgehead atoms. The molecule has 0 aliphatic rings. The molecule has 1 aromatic rings. The Labute approximate surface area is 102 Å². The molecule has 0 aromatic heterocycles. The van der Waals surface area contributed by atoms with E-state index in [9.17, 15) is 9.90 Å². The van der Waals surface area contributed by atoms with Crippen LogP contribution in [-0.2, 0) is 17.1 Å². The minimum atomic E-state index is -1.54. The van der Waals surface area contributed by atoms with Crippen LogP contribution in [0.15, 0.2) is 12.1 Å². The number of phenolic OH excluding ortho intramolecular Hbond substituents is 3. The van der Waals surface area contributed by atoms with Gasteiger partial charge in [-0.3, -0.25) is 0 Å². The summed E-state index contributed by atoms with van der Waals surface area (Å²) in [6.45, 7) is 0. The standard InChI is InChI=1S/C7H6O5.Li.Mn/c8-4-1-3(7(11)12)2-5(9)6(4)10;;/h1-2,8-10H,(H,11,12);;/q;+1;/p-1. The van der Waals surface area contributed by atoms with Crippen molar-refractivity contribution < 1.29 is 61.1 Å². The van der Waals surface area contributed by atoms with Gasteiger partial charge in [-0.2, -0.15) is 0 Å². The monoisotopic (exact) mass is 231 g/mol. The quantitative estimate of drug-likeness (QED) is 0.339. The van der Waals surface area contributed by atoms with Crippen LogP contribution in [0.5, 0.6) is 17.2 Å². The molecule has 0 saturated carbocycles. The van der Waals surface area contributed by atoms with E-state index in [0.29, 0.717) is 0 Å². The first-order valence-corrected chi connectivity index (χ1v) is 2.98. The number of phenols is 3. The van der Waals surface area contributed by atoms with Crippen molar-refractivity contribution in [2.45, 2.75) is 0 Å². The van der Waals surface area contributed by atoms with E-state index in [0.717, 1.165) is 12.1 Å². The Balaban J connectivity index is 0. The SMILES string of the molecule is O=C([O-])c1cc(O)c(O)c(O)c1.[Li+].[Mn]. The van der Waals surface area contributed by atoms with Crippen molar-refractivity contribution in [1.82, 2.24) is 0 Å². The summed E-state index contributed by atoms with van der Waals surface area (Å²) >= 11 is 0. The predicted molar refractivity (Wildman–Crippen MR) is 35.8 cm³/mol. The first-order valence-electron chi connectivity index (χ1n) is 2.98. The van der Waals surface area contributed by atoms with Gasteiger partial charge in [-0.05, 0) is 12.1 Å². The summed E-state index contributed by atoms with van der Waals surface area (Å²) < 4.78 is 0. The first-order chi connectivity index (χ1) is 5.52. The van der Waals surface area contributed by atoms with Crippen LogP contribution in [0.3, 0.4) is 0 Å². The average molecular weight is 231 g/mol. The molecule has 5 nitrogen and oxygen atoms in total. The normalized spacial score (nSPS) is 8.29. The number of benzene rings is 1. The fraction of sp³-hybridized carbons (Fsp3) is 0. The minimum Gasteiger partial charge on any atom is -0.545 e. The fourth-order valence-electron chi connectivity index (χ4n) is 0.722. The molecular formula is C7H5LiMnO5. The fourth-order valence-corrected chi connectivity index (χ4v) is 0.722. The third-order valence-electron chi connectivity index (χ3n) is 1.31. The number of carboxylic acid groups (broad SMARTS) is 1. The summed E-state index contributed by atoms with van der Waals surface area (Å²) in [5.41, 5.74) is -0.400. The van der Waals surface area contributed by atoms with Gasteiger partial charge < -0.3 is 25.2 Å². The van der Waals surface area contributed by atoms with Crippen molar-refractivity contribution in [3.63, 3.8) is 0 Å². The van der Waals surface area contributed by atoms with Gasteiger partial charge in [0.1, 0.15) is 0 Å². The molecule has 1 radical (unpaired) electrons. The van der Waals surface area contributed by atoms with E-state index in [1.807, 2.05) is 0 Å². The maximum atomic E-state index is 10.2. The number of carbonyl (C=O) groups is 1. The molecule has 14 heavy (non-hydrogen) atoms. The summed E-state index contributed by atoms with van der Waals surface area (Å²) in [6.07, 6.45) is 0. The maximum Gasteiger partial charge on any atom is 1.00 e. The van der Waals surface area contributed by atoms with Gasteiger partial charge >= 0.3 is 18.9 Å². The van der Waals surface area contributed by atoms with Gasteiger partial charge in [0.15, 0.2) is 17.2 Å². The Kier molecular flexibility index (Phi) is 6.53.